The number of aliphatic hydroxyl groups is 1. The van der Waals surface area contributed by atoms with Crippen LogP contribution in [0.1, 0.15) is 18.1 Å². The lowest BCUT2D eigenvalue weighted by Gasteiger charge is -2.39. The fourth-order valence-corrected chi connectivity index (χ4v) is 5.89. The molecule has 0 radical (unpaired) electrons. The second-order valence-corrected chi connectivity index (χ2v) is 10.00. The Morgan fingerprint density at radius 1 is 0.825 bits per heavy atom. The van der Waals surface area contributed by atoms with Crippen LogP contribution in [0.4, 0.5) is 10.5 Å². The summed E-state index contributed by atoms with van der Waals surface area (Å²) in [6, 6.07) is 26.4. The van der Waals surface area contributed by atoms with E-state index in [9.17, 15) is 14.7 Å². The van der Waals surface area contributed by atoms with E-state index in [1.54, 1.807) is 18.9 Å². The van der Waals surface area contributed by atoms with Crippen molar-refractivity contribution < 1.29 is 19.4 Å². The van der Waals surface area contributed by atoms with E-state index >= 15 is 0 Å². The molecule has 2 heterocycles. The molecule has 0 aromatic heterocycles. The lowest BCUT2D eigenvalue weighted by atomic mass is 9.81. The first-order valence-electron chi connectivity index (χ1n) is 13.5. The van der Waals surface area contributed by atoms with E-state index in [0.717, 1.165) is 37.6 Å². The number of anilines is 1. The number of benzene rings is 3. The SMILES string of the molecule is CCN1C(=O)N(CC(O)CN2CCN(c3ccccc3OC)CC2)C(c2ccccc2)(c2ccccc2)C1=O.Cl. The predicted molar refractivity (Wildman–Crippen MR) is 158 cm³/mol. The Morgan fingerprint density at radius 3 is 1.93 bits per heavy atom. The number of aliphatic hydroxyl groups excluding tert-OH is 1. The molecule has 2 aliphatic rings. The van der Waals surface area contributed by atoms with Crippen LogP contribution in [0.2, 0.25) is 0 Å². The third kappa shape index (κ3) is 5.27. The van der Waals surface area contributed by atoms with E-state index in [4.69, 9.17) is 4.74 Å². The van der Waals surface area contributed by atoms with Gasteiger partial charge in [-0.1, -0.05) is 72.8 Å². The van der Waals surface area contributed by atoms with Crippen molar-refractivity contribution in [2.24, 2.45) is 0 Å². The number of para-hydroxylation sites is 2. The minimum absolute atomic E-state index is 0. The fraction of sp³-hybridized carbons (Fsp3) is 0.355. The quantitative estimate of drug-likeness (QED) is 0.398. The molecular weight excluding hydrogens is 528 g/mol. The van der Waals surface area contributed by atoms with E-state index in [0.29, 0.717) is 17.7 Å². The van der Waals surface area contributed by atoms with Crippen molar-refractivity contribution in [2.75, 3.05) is 57.8 Å². The Kier molecular flexibility index (Phi) is 9.35. The highest BCUT2D eigenvalue weighted by Crippen LogP contribution is 2.43. The van der Waals surface area contributed by atoms with Gasteiger partial charge in [0.2, 0.25) is 0 Å². The predicted octanol–water partition coefficient (Wildman–Crippen LogP) is 3.83. The van der Waals surface area contributed by atoms with Crippen LogP contribution in [0.3, 0.4) is 0 Å². The van der Waals surface area contributed by atoms with Gasteiger partial charge < -0.3 is 14.7 Å². The molecule has 1 N–H and O–H groups in total. The van der Waals surface area contributed by atoms with Crippen LogP contribution in [-0.4, -0.2) is 90.8 Å². The molecule has 3 amide bonds. The van der Waals surface area contributed by atoms with Crippen LogP contribution in [0.25, 0.3) is 0 Å². The second kappa shape index (κ2) is 12.7. The molecule has 40 heavy (non-hydrogen) atoms. The summed E-state index contributed by atoms with van der Waals surface area (Å²) in [6.45, 7) is 5.65. The lowest BCUT2D eigenvalue weighted by molar-refractivity contribution is -0.132. The summed E-state index contributed by atoms with van der Waals surface area (Å²) in [5.41, 5.74) is 1.15. The average Bonchev–Trinajstić information content (AvgIpc) is 3.19. The Labute approximate surface area is 242 Å². The van der Waals surface area contributed by atoms with Gasteiger partial charge in [0.25, 0.3) is 5.91 Å². The Balaban J connectivity index is 0.00000370. The largest absolute Gasteiger partial charge is 0.495 e. The summed E-state index contributed by atoms with van der Waals surface area (Å²) in [5.74, 6) is 0.562. The van der Waals surface area contributed by atoms with E-state index < -0.39 is 11.6 Å². The molecule has 0 saturated carbocycles. The van der Waals surface area contributed by atoms with E-state index in [-0.39, 0.29) is 37.4 Å². The Morgan fingerprint density at radius 2 is 1.38 bits per heavy atom. The van der Waals surface area contributed by atoms with Gasteiger partial charge in [-0.25, -0.2) is 4.79 Å². The van der Waals surface area contributed by atoms with Crippen molar-refractivity contribution in [3.05, 3.63) is 96.1 Å². The van der Waals surface area contributed by atoms with Gasteiger partial charge in [0.1, 0.15) is 5.75 Å². The number of nitrogens with zero attached hydrogens (tertiary/aromatic N) is 4. The summed E-state index contributed by atoms with van der Waals surface area (Å²) < 4.78 is 5.53. The Hall–Kier alpha value is -3.59. The summed E-state index contributed by atoms with van der Waals surface area (Å²) in [6.07, 6.45) is -0.830. The van der Waals surface area contributed by atoms with Gasteiger partial charge in [-0.3, -0.25) is 19.5 Å². The molecule has 3 aromatic carbocycles. The molecule has 8 nitrogen and oxygen atoms in total. The van der Waals surface area contributed by atoms with Crippen LogP contribution in [0, 0.1) is 0 Å². The molecule has 2 fully saturated rings. The van der Waals surface area contributed by atoms with Crippen molar-refractivity contribution >= 4 is 30.0 Å². The van der Waals surface area contributed by atoms with Crippen LogP contribution < -0.4 is 9.64 Å². The standard InChI is InChI=1S/C31H36N4O4.ClH/c1-3-34-29(37)31(24-12-6-4-7-13-24,25-14-8-5-9-15-25)35(30(34)38)23-26(36)22-32-18-20-33(21-19-32)27-16-10-11-17-28(27)39-2;/h4-17,26,36H,3,18-23H2,1-2H3;1H. The molecule has 5 rings (SSSR count). The molecular formula is C31H37ClN4O4. The number of β-amino-alcohol motifs (C(OH)–C–C–N with tert-alkyl or cyclic N) is 1. The third-order valence-corrected chi connectivity index (χ3v) is 7.78. The van der Waals surface area contributed by atoms with Crippen LogP contribution in [0.15, 0.2) is 84.9 Å². The molecule has 1 unspecified atom stereocenters. The van der Waals surface area contributed by atoms with Gasteiger partial charge in [-0.05, 0) is 30.2 Å². The first-order valence-corrected chi connectivity index (χ1v) is 13.5. The highest BCUT2D eigenvalue weighted by molar-refractivity contribution is 6.09. The van der Waals surface area contributed by atoms with E-state index in [1.165, 1.54) is 4.90 Å². The first-order chi connectivity index (χ1) is 19.0. The fourth-order valence-electron chi connectivity index (χ4n) is 5.89. The van der Waals surface area contributed by atoms with Crippen molar-refractivity contribution in [3.63, 3.8) is 0 Å². The number of rotatable bonds is 9. The van der Waals surface area contributed by atoms with Crippen LogP contribution in [0.5, 0.6) is 5.75 Å². The van der Waals surface area contributed by atoms with E-state index in [1.807, 2.05) is 78.9 Å². The minimum atomic E-state index is -1.33. The number of hydrogen-bond donors (Lipinski definition) is 1. The number of carbonyl (C=O) groups excluding carboxylic acids is 2. The average molecular weight is 565 g/mol. The maximum absolute atomic E-state index is 14.0. The van der Waals surface area contributed by atoms with Crippen LogP contribution in [-0.2, 0) is 10.3 Å². The molecule has 0 bridgehead atoms. The second-order valence-electron chi connectivity index (χ2n) is 10.00. The number of hydrogen-bond acceptors (Lipinski definition) is 6. The zero-order valence-corrected chi connectivity index (χ0v) is 23.8. The normalized spacial score (nSPS) is 18.0. The number of ether oxygens (including phenoxy) is 1. The van der Waals surface area contributed by atoms with Crippen LogP contribution >= 0.6 is 12.4 Å². The van der Waals surface area contributed by atoms with Gasteiger partial charge in [-0.2, -0.15) is 0 Å². The first kappa shape index (κ1) is 29.4. The van der Waals surface area contributed by atoms with Crippen molar-refractivity contribution in [3.8, 4) is 5.75 Å². The highest BCUT2D eigenvalue weighted by Gasteiger charge is 2.59. The minimum Gasteiger partial charge on any atom is -0.495 e. The number of halogens is 1. The molecule has 0 spiro atoms. The molecule has 212 valence electrons. The number of imide groups is 1. The van der Waals surface area contributed by atoms with Gasteiger partial charge >= 0.3 is 6.03 Å². The molecule has 2 saturated heterocycles. The number of piperazine rings is 1. The monoisotopic (exact) mass is 564 g/mol. The summed E-state index contributed by atoms with van der Waals surface area (Å²) in [4.78, 5) is 35.1. The molecule has 0 aliphatic carbocycles. The van der Waals surface area contributed by atoms with Gasteiger partial charge in [0.05, 0.1) is 25.4 Å². The number of methoxy groups -OCH3 is 1. The molecule has 2 aliphatic heterocycles. The Bertz CT molecular complexity index is 1250. The summed E-state index contributed by atoms with van der Waals surface area (Å²) in [7, 11) is 1.68. The van der Waals surface area contributed by atoms with Gasteiger partial charge in [-0.15, -0.1) is 12.4 Å². The molecule has 1 atom stereocenters. The molecule has 9 heteroatoms. The maximum atomic E-state index is 14.0. The maximum Gasteiger partial charge on any atom is 0.328 e. The van der Waals surface area contributed by atoms with Gasteiger partial charge in [0.15, 0.2) is 5.54 Å². The zero-order chi connectivity index (χ0) is 27.4. The zero-order valence-electron chi connectivity index (χ0n) is 23.0. The topological polar surface area (TPSA) is 76.6 Å². The smallest absolute Gasteiger partial charge is 0.328 e. The third-order valence-electron chi connectivity index (χ3n) is 7.78. The van der Waals surface area contributed by atoms with E-state index in [2.05, 4.69) is 15.9 Å². The van der Waals surface area contributed by atoms with Crippen molar-refractivity contribution in [2.45, 2.75) is 18.6 Å². The van der Waals surface area contributed by atoms with Gasteiger partial charge in [0, 0.05) is 39.3 Å². The lowest BCUT2D eigenvalue weighted by Crippen LogP contribution is -2.53. The molecule has 3 aromatic rings. The number of likely N-dealkylation sites (N-methyl/N-ethyl adjacent to an activating group) is 1. The summed E-state index contributed by atoms with van der Waals surface area (Å²) in [5, 5.41) is 11.3. The number of amides is 3. The highest BCUT2D eigenvalue weighted by atomic mass is 35.5. The summed E-state index contributed by atoms with van der Waals surface area (Å²) >= 11 is 0. The number of urea groups is 1. The van der Waals surface area contributed by atoms with Crippen molar-refractivity contribution in [1.29, 1.82) is 0 Å². The van der Waals surface area contributed by atoms with Crippen molar-refractivity contribution in [1.82, 2.24) is 14.7 Å². The number of carbonyl (C=O) groups is 2.